The van der Waals surface area contributed by atoms with E-state index in [2.05, 4.69) is 12.2 Å². The summed E-state index contributed by atoms with van der Waals surface area (Å²) in [6.45, 7) is 7.04. The topological polar surface area (TPSA) is 41.6 Å². The molecule has 0 aliphatic heterocycles. The van der Waals surface area contributed by atoms with Crippen molar-refractivity contribution >= 4 is 6.03 Å². The van der Waals surface area contributed by atoms with E-state index in [1.165, 1.54) is 32.1 Å². The summed E-state index contributed by atoms with van der Waals surface area (Å²) in [6, 6.07) is 0.552. The predicted molar refractivity (Wildman–Crippen MR) is 73.8 cm³/mol. The van der Waals surface area contributed by atoms with Crippen LogP contribution in [-0.2, 0) is 4.74 Å². The normalized spacial score (nSPS) is 16.6. The Labute approximate surface area is 111 Å². The summed E-state index contributed by atoms with van der Waals surface area (Å²) < 4.78 is 5.25. The molecule has 4 heteroatoms. The van der Waals surface area contributed by atoms with Crippen molar-refractivity contribution < 1.29 is 9.53 Å². The van der Waals surface area contributed by atoms with Crippen molar-refractivity contribution in [2.75, 3.05) is 26.3 Å². The zero-order valence-corrected chi connectivity index (χ0v) is 11.9. The number of urea groups is 1. The van der Waals surface area contributed by atoms with Gasteiger partial charge in [0.05, 0.1) is 0 Å². The smallest absolute Gasteiger partial charge is 0.317 e. The summed E-state index contributed by atoms with van der Waals surface area (Å²) in [4.78, 5) is 14.1. The first-order chi connectivity index (χ1) is 8.79. The Kier molecular flexibility index (Phi) is 7.81. The Balaban J connectivity index is 2.23. The molecule has 0 aromatic rings. The molecule has 1 fully saturated rings. The molecule has 1 N–H and O–H groups in total. The Bertz CT molecular complexity index is 228. The molecule has 1 aliphatic carbocycles. The zero-order chi connectivity index (χ0) is 13.2. The molecule has 1 saturated carbocycles. The summed E-state index contributed by atoms with van der Waals surface area (Å²) >= 11 is 0. The van der Waals surface area contributed by atoms with Crippen LogP contribution in [0, 0.1) is 0 Å². The van der Waals surface area contributed by atoms with Gasteiger partial charge in [-0.05, 0) is 33.1 Å². The van der Waals surface area contributed by atoms with Gasteiger partial charge in [-0.2, -0.15) is 0 Å². The molecule has 0 aromatic heterocycles. The second-order valence-corrected chi connectivity index (χ2v) is 4.86. The second kappa shape index (κ2) is 9.20. The van der Waals surface area contributed by atoms with Crippen molar-refractivity contribution in [1.82, 2.24) is 10.2 Å². The lowest BCUT2D eigenvalue weighted by Gasteiger charge is -2.33. The van der Waals surface area contributed by atoms with Crippen molar-refractivity contribution in [3.8, 4) is 0 Å². The number of hydrogen-bond donors (Lipinski definition) is 1. The molecule has 0 bridgehead atoms. The summed E-state index contributed by atoms with van der Waals surface area (Å²) in [7, 11) is 0. The lowest BCUT2D eigenvalue weighted by atomic mass is 9.94. The molecule has 0 aromatic carbocycles. The third-order valence-electron chi connectivity index (χ3n) is 3.56. The van der Waals surface area contributed by atoms with Gasteiger partial charge in [-0.25, -0.2) is 4.79 Å². The molecule has 106 valence electrons. The molecule has 0 heterocycles. The van der Waals surface area contributed by atoms with Gasteiger partial charge in [0.15, 0.2) is 0 Å². The highest BCUT2D eigenvalue weighted by molar-refractivity contribution is 5.74. The minimum absolute atomic E-state index is 0.0981. The van der Waals surface area contributed by atoms with Crippen molar-refractivity contribution in [3.05, 3.63) is 0 Å². The highest BCUT2D eigenvalue weighted by atomic mass is 16.5. The summed E-state index contributed by atoms with van der Waals surface area (Å²) in [5.41, 5.74) is 0. The second-order valence-electron chi connectivity index (χ2n) is 4.86. The molecule has 0 atom stereocenters. The molecular weight excluding hydrogens is 228 g/mol. The van der Waals surface area contributed by atoms with Gasteiger partial charge in [0.25, 0.3) is 0 Å². The number of carbonyl (C=O) groups is 1. The Hall–Kier alpha value is -0.770. The van der Waals surface area contributed by atoms with E-state index >= 15 is 0 Å². The highest BCUT2D eigenvalue weighted by Crippen LogP contribution is 2.22. The molecule has 1 aliphatic rings. The average Bonchev–Trinajstić information content (AvgIpc) is 2.40. The van der Waals surface area contributed by atoms with Crippen LogP contribution in [0.2, 0.25) is 0 Å². The number of carbonyl (C=O) groups excluding carboxylic acids is 1. The number of nitrogens with zero attached hydrogens (tertiary/aromatic N) is 1. The number of ether oxygens (including phenoxy) is 1. The van der Waals surface area contributed by atoms with Gasteiger partial charge in [0.1, 0.15) is 0 Å². The summed E-state index contributed by atoms with van der Waals surface area (Å²) in [5, 5.41) is 3.00. The van der Waals surface area contributed by atoms with Gasteiger partial charge >= 0.3 is 6.03 Å². The van der Waals surface area contributed by atoms with Crippen LogP contribution >= 0.6 is 0 Å². The van der Waals surface area contributed by atoms with Crippen LogP contribution in [0.3, 0.4) is 0 Å². The minimum atomic E-state index is 0.0981. The van der Waals surface area contributed by atoms with Crippen LogP contribution in [0.25, 0.3) is 0 Å². The number of amides is 2. The van der Waals surface area contributed by atoms with E-state index < -0.39 is 0 Å². The maximum absolute atomic E-state index is 12.1. The first kappa shape index (κ1) is 15.3. The Morgan fingerprint density at radius 1 is 1.28 bits per heavy atom. The fourth-order valence-corrected chi connectivity index (χ4v) is 2.58. The van der Waals surface area contributed by atoms with Gasteiger partial charge in [-0.15, -0.1) is 0 Å². The fraction of sp³-hybridized carbons (Fsp3) is 0.929. The molecule has 18 heavy (non-hydrogen) atoms. The highest BCUT2D eigenvalue weighted by Gasteiger charge is 2.23. The van der Waals surface area contributed by atoms with Gasteiger partial charge in [-0.3, -0.25) is 0 Å². The number of hydrogen-bond acceptors (Lipinski definition) is 2. The van der Waals surface area contributed by atoms with Crippen LogP contribution in [0.15, 0.2) is 0 Å². The van der Waals surface area contributed by atoms with E-state index in [9.17, 15) is 4.79 Å². The summed E-state index contributed by atoms with van der Waals surface area (Å²) in [5.74, 6) is 0. The maximum atomic E-state index is 12.1. The Morgan fingerprint density at radius 3 is 2.61 bits per heavy atom. The maximum Gasteiger partial charge on any atom is 0.317 e. The third kappa shape index (κ3) is 5.25. The van der Waals surface area contributed by atoms with E-state index in [0.29, 0.717) is 12.6 Å². The first-order valence-corrected chi connectivity index (χ1v) is 7.41. The van der Waals surface area contributed by atoms with E-state index in [-0.39, 0.29) is 6.03 Å². The lowest BCUT2D eigenvalue weighted by Crippen LogP contribution is -2.47. The van der Waals surface area contributed by atoms with Crippen LogP contribution in [0.5, 0.6) is 0 Å². The van der Waals surface area contributed by atoms with Crippen LogP contribution < -0.4 is 5.32 Å². The molecule has 1 rings (SSSR count). The molecule has 2 amide bonds. The van der Waals surface area contributed by atoms with E-state index in [4.69, 9.17) is 4.74 Å². The van der Waals surface area contributed by atoms with E-state index in [0.717, 1.165) is 26.2 Å². The average molecular weight is 256 g/mol. The zero-order valence-electron chi connectivity index (χ0n) is 11.9. The van der Waals surface area contributed by atoms with Gasteiger partial charge in [0.2, 0.25) is 0 Å². The SMILES string of the molecule is CCOCCCNC(=O)N(CC)C1CCCCC1. The quantitative estimate of drug-likeness (QED) is 0.712. The van der Waals surface area contributed by atoms with Gasteiger partial charge in [-0.1, -0.05) is 19.3 Å². The third-order valence-corrected chi connectivity index (χ3v) is 3.56. The molecule has 4 nitrogen and oxygen atoms in total. The largest absolute Gasteiger partial charge is 0.382 e. The Morgan fingerprint density at radius 2 is 2.00 bits per heavy atom. The van der Waals surface area contributed by atoms with Crippen LogP contribution in [0.4, 0.5) is 4.79 Å². The van der Waals surface area contributed by atoms with Crippen molar-refractivity contribution in [2.45, 2.75) is 58.4 Å². The molecule has 0 radical (unpaired) electrons. The predicted octanol–water partition coefficient (Wildman–Crippen LogP) is 2.78. The standard InChI is InChI=1S/C14H28N2O2/c1-3-16(13-9-6-5-7-10-13)14(17)15-11-8-12-18-4-2/h13H,3-12H2,1-2H3,(H,15,17). The molecule has 0 unspecified atom stereocenters. The summed E-state index contributed by atoms with van der Waals surface area (Å²) in [6.07, 6.45) is 7.07. The monoisotopic (exact) mass is 256 g/mol. The molecule has 0 spiro atoms. The van der Waals surface area contributed by atoms with Gasteiger partial charge in [0, 0.05) is 32.3 Å². The van der Waals surface area contributed by atoms with Gasteiger partial charge < -0.3 is 15.0 Å². The molecule has 0 saturated heterocycles. The van der Waals surface area contributed by atoms with Crippen molar-refractivity contribution in [3.63, 3.8) is 0 Å². The lowest BCUT2D eigenvalue weighted by molar-refractivity contribution is 0.140. The van der Waals surface area contributed by atoms with E-state index in [1.807, 2.05) is 11.8 Å². The van der Waals surface area contributed by atoms with E-state index in [1.54, 1.807) is 0 Å². The fourth-order valence-electron chi connectivity index (χ4n) is 2.58. The van der Waals surface area contributed by atoms with Crippen molar-refractivity contribution in [2.24, 2.45) is 0 Å². The van der Waals surface area contributed by atoms with Crippen LogP contribution in [-0.4, -0.2) is 43.3 Å². The first-order valence-electron chi connectivity index (χ1n) is 7.41. The minimum Gasteiger partial charge on any atom is -0.382 e. The number of rotatable bonds is 7. The van der Waals surface area contributed by atoms with Crippen LogP contribution in [0.1, 0.15) is 52.4 Å². The van der Waals surface area contributed by atoms with Crippen molar-refractivity contribution in [1.29, 1.82) is 0 Å². The number of nitrogens with one attached hydrogen (secondary N) is 1. The molecular formula is C14H28N2O2.